The van der Waals surface area contributed by atoms with Crippen molar-refractivity contribution in [3.05, 3.63) is 112 Å². The Hall–Kier alpha value is -3.90. The van der Waals surface area contributed by atoms with Crippen molar-refractivity contribution in [3.8, 4) is 11.4 Å². The van der Waals surface area contributed by atoms with Gasteiger partial charge in [0.25, 0.3) is 0 Å². The molecule has 7 heteroatoms. The van der Waals surface area contributed by atoms with Gasteiger partial charge in [0.05, 0.1) is 5.57 Å². The number of nitrogens with zero attached hydrogens (tertiary/aromatic N) is 3. The number of anilines is 1. The summed E-state index contributed by atoms with van der Waals surface area (Å²) in [4.78, 5) is 18.1. The van der Waals surface area contributed by atoms with E-state index < -0.39 is 12.0 Å². The number of carbonyl (C=O) groups excluding carboxylic acids is 1. The molecule has 34 heavy (non-hydrogen) atoms. The van der Waals surface area contributed by atoms with E-state index >= 15 is 0 Å². The van der Waals surface area contributed by atoms with Crippen molar-refractivity contribution in [2.75, 3.05) is 5.32 Å². The molecule has 1 atom stereocenters. The normalized spacial score (nSPS) is 15.0. The van der Waals surface area contributed by atoms with Crippen molar-refractivity contribution < 1.29 is 9.53 Å². The highest BCUT2D eigenvalue weighted by Gasteiger charge is 2.36. The quantitative estimate of drug-likeness (QED) is 0.365. The zero-order valence-corrected chi connectivity index (χ0v) is 19.6. The molecular formula is C27H23ClN4O2. The van der Waals surface area contributed by atoms with Crippen LogP contribution in [0.15, 0.2) is 90.1 Å². The Labute approximate surface area is 202 Å². The van der Waals surface area contributed by atoms with E-state index in [9.17, 15) is 4.79 Å². The summed E-state index contributed by atoms with van der Waals surface area (Å²) in [6.45, 7) is 4.08. The molecule has 170 valence electrons. The third-order valence-corrected chi connectivity index (χ3v) is 6.12. The molecule has 1 N–H and O–H groups in total. The lowest BCUT2D eigenvalue weighted by atomic mass is 9.92. The van der Waals surface area contributed by atoms with Gasteiger partial charge in [0.2, 0.25) is 5.95 Å². The minimum atomic E-state index is -0.478. The maximum absolute atomic E-state index is 13.4. The van der Waals surface area contributed by atoms with Crippen LogP contribution in [0.3, 0.4) is 0 Å². The van der Waals surface area contributed by atoms with E-state index in [1.54, 1.807) is 16.8 Å². The lowest BCUT2D eigenvalue weighted by Gasteiger charge is -2.29. The van der Waals surface area contributed by atoms with Crippen molar-refractivity contribution in [1.82, 2.24) is 14.8 Å². The number of benzene rings is 3. The standard InChI is InChI=1S/C27H23ClN4O2/c1-17-8-6-7-11-22(17)24-23(26(33)34-16-19-9-4-3-5-10-19)18(2)29-27-30-25(31-32(24)27)20-12-14-21(28)15-13-20/h3-15,24H,16H2,1-2H3,(H,29,30,31)/t24-/m1/s1. The summed E-state index contributed by atoms with van der Waals surface area (Å²) in [6, 6.07) is 24.5. The first-order chi connectivity index (χ1) is 16.5. The van der Waals surface area contributed by atoms with Crippen LogP contribution in [-0.2, 0) is 16.1 Å². The molecule has 0 aliphatic carbocycles. The van der Waals surface area contributed by atoms with Crippen LogP contribution < -0.4 is 5.32 Å². The molecule has 5 rings (SSSR count). The molecular weight excluding hydrogens is 448 g/mol. The van der Waals surface area contributed by atoms with E-state index in [0.717, 1.165) is 22.3 Å². The highest BCUT2D eigenvalue weighted by atomic mass is 35.5. The largest absolute Gasteiger partial charge is 0.457 e. The number of halogens is 1. The van der Waals surface area contributed by atoms with Gasteiger partial charge >= 0.3 is 5.97 Å². The van der Waals surface area contributed by atoms with Crippen LogP contribution in [0.4, 0.5) is 5.95 Å². The van der Waals surface area contributed by atoms with Gasteiger partial charge in [0.1, 0.15) is 12.6 Å². The van der Waals surface area contributed by atoms with Gasteiger partial charge < -0.3 is 10.1 Å². The molecule has 1 aliphatic rings. The first-order valence-corrected chi connectivity index (χ1v) is 11.4. The Bertz CT molecular complexity index is 1380. The van der Waals surface area contributed by atoms with Crippen molar-refractivity contribution in [2.24, 2.45) is 0 Å². The number of carbonyl (C=O) groups is 1. The topological polar surface area (TPSA) is 69.0 Å². The van der Waals surface area contributed by atoms with E-state index in [1.165, 1.54) is 0 Å². The SMILES string of the molecule is CC1=C(C(=O)OCc2ccccc2)[C@@H](c2ccccc2C)n2nc(-c3ccc(Cl)cc3)nc2N1. The zero-order chi connectivity index (χ0) is 23.7. The van der Waals surface area contributed by atoms with E-state index in [2.05, 4.69) is 5.32 Å². The average molecular weight is 471 g/mol. The van der Waals surface area contributed by atoms with Crippen LogP contribution in [0.1, 0.15) is 29.7 Å². The fourth-order valence-electron chi connectivity index (χ4n) is 4.12. The maximum Gasteiger partial charge on any atom is 0.338 e. The van der Waals surface area contributed by atoms with Crippen LogP contribution in [0.2, 0.25) is 5.02 Å². The van der Waals surface area contributed by atoms with Crippen LogP contribution in [-0.4, -0.2) is 20.7 Å². The van der Waals surface area contributed by atoms with E-state index in [0.29, 0.717) is 28.1 Å². The lowest BCUT2D eigenvalue weighted by molar-refractivity contribution is -0.140. The highest BCUT2D eigenvalue weighted by Crippen LogP contribution is 2.38. The summed E-state index contributed by atoms with van der Waals surface area (Å²) in [6.07, 6.45) is 0. The summed E-state index contributed by atoms with van der Waals surface area (Å²) in [7, 11) is 0. The second kappa shape index (κ2) is 9.15. The third kappa shape index (κ3) is 4.20. The molecule has 0 unspecified atom stereocenters. The number of allylic oxidation sites excluding steroid dienone is 1. The number of hydrogen-bond donors (Lipinski definition) is 1. The zero-order valence-electron chi connectivity index (χ0n) is 18.8. The minimum absolute atomic E-state index is 0.192. The summed E-state index contributed by atoms with van der Waals surface area (Å²) in [5, 5.41) is 8.69. The van der Waals surface area contributed by atoms with E-state index in [-0.39, 0.29) is 6.61 Å². The number of ether oxygens (including phenoxy) is 1. The Morgan fingerprint density at radius 1 is 1.00 bits per heavy atom. The Morgan fingerprint density at radius 2 is 1.71 bits per heavy atom. The molecule has 6 nitrogen and oxygen atoms in total. The number of esters is 1. The number of nitrogens with one attached hydrogen (secondary N) is 1. The minimum Gasteiger partial charge on any atom is -0.457 e. The predicted octanol–water partition coefficient (Wildman–Crippen LogP) is 5.94. The van der Waals surface area contributed by atoms with Crippen LogP contribution in [0.5, 0.6) is 0 Å². The molecule has 3 aromatic carbocycles. The van der Waals surface area contributed by atoms with Gasteiger partial charge in [-0.2, -0.15) is 4.98 Å². The molecule has 0 saturated heterocycles. The lowest BCUT2D eigenvalue weighted by Crippen LogP contribution is -2.30. The second-order valence-electron chi connectivity index (χ2n) is 8.20. The molecule has 0 fully saturated rings. The number of fused-ring (bicyclic) bond motifs is 1. The van der Waals surface area contributed by atoms with E-state index in [1.807, 2.05) is 80.6 Å². The Balaban J connectivity index is 1.56. The number of rotatable bonds is 5. The van der Waals surface area contributed by atoms with Gasteiger partial charge in [-0.3, -0.25) is 0 Å². The summed E-state index contributed by atoms with van der Waals surface area (Å²) in [5.74, 6) is 0.719. The molecule has 0 spiro atoms. The van der Waals surface area contributed by atoms with Crippen molar-refractivity contribution >= 4 is 23.5 Å². The van der Waals surface area contributed by atoms with Gasteiger partial charge in [0, 0.05) is 16.3 Å². The number of aryl methyl sites for hydroxylation is 1. The molecule has 0 radical (unpaired) electrons. The van der Waals surface area contributed by atoms with Gasteiger partial charge in [-0.05, 0) is 54.8 Å². The van der Waals surface area contributed by atoms with Crippen molar-refractivity contribution in [3.63, 3.8) is 0 Å². The molecule has 1 aromatic heterocycles. The molecule has 1 aliphatic heterocycles. The maximum atomic E-state index is 13.4. The summed E-state index contributed by atoms with van der Waals surface area (Å²) in [5.41, 5.74) is 4.97. The van der Waals surface area contributed by atoms with Crippen LogP contribution >= 0.6 is 11.6 Å². The van der Waals surface area contributed by atoms with Gasteiger partial charge in [-0.1, -0.05) is 66.2 Å². The van der Waals surface area contributed by atoms with Gasteiger partial charge in [-0.15, -0.1) is 5.10 Å². The number of hydrogen-bond acceptors (Lipinski definition) is 5. The van der Waals surface area contributed by atoms with Crippen LogP contribution in [0, 0.1) is 6.92 Å². The number of aromatic nitrogens is 3. The van der Waals surface area contributed by atoms with Gasteiger partial charge in [0.15, 0.2) is 5.82 Å². The first-order valence-electron chi connectivity index (χ1n) is 11.0. The van der Waals surface area contributed by atoms with Crippen molar-refractivity contribution in [1.29, 1.82) is 0 Å². The smallest absolute Gasteiger partial charge is 0.338 e. The fraction of sp³-hybridized carbons (Fsp3) is 0.148. The fourth-order valence-corrected chi connectivity index (χ4v) is 4.24. The highest BCUT2D eigenvalue weighted by molar-refractivity contribution is 6.30. The molecule has 0 bridgehead atoms. The second-order valence-corrected chi connectivity index (χ2v) is 8.63. The first kappa shape index (κ1) is 21.9. The van der Waals surface area contributed by atoms with Crippen molar-refractivity contribution in [2.45, 2.75) is 26.5 Å². The Kier molecular flexibility index (Phi) is 5.90. The average Bonchev–Trinajstić information content (AvgIpc) is 3.27. The Morgan fingerprint density at radius 3 is 2.44 bits per heavy atom. The van der Waals surface area contributed by atoms with Crippen LogP contribution in [0.25, 0.3) is 11.4 Å². The van der Waals surface area contributed by atoms with Gasteiger partial charge in [-0.25, -0.2) is 9.48 Å². The summed E-state index contributed by atoms with van der Waals surface area (Å²) < 4.78 is 7.50. The summed E-state index contributed by atoms with van der Waals surface area (Å²) >= 11 is 6.05. The third-order valence-electron chi connectivity index (χ3n) is 5.87. The molecule has 0 saturated carbocycles. The predicted molar refractivity (Wildman–Crippen MR) is 132 cm³/mol. The molecule has 2 heterocycles. The van der Waals surface area contributed by atoms with E-state index in [4.69, 9.17) is 26.4 Å². The molecule has 0 amide bonds. The monoisotopic (exact) mass is 470 g/mol. The molecule has 4 aromatic rings.